The molecule has 0 N–H and O–H groups in total. The second kappa shape index (κ2) is 4.21. The standard InChI is InChI=1S/C9H6F2IN3/c10-7-3-1-2-6(9(7)11)4-15-5-8(12)13-14-15/h1-3,5H,4H2. The molecule has 3 nitrogen and oxygen atoms in total. The smallest absolute Gasteiger partial charge is 0.163 e. The van der Waals surface area contributed by atoms with Gasteiger partial charge in [-0.15, -0.1) is 5.10 Å². The predicted octanol–water partition coefficient (Wildman–Crippen LogP) is 2.21. The Morgan fingerprint density at radius 2 is 2.13 bits per heavy atom. The first kappa shape index (κ1) is 10.5. The fourth-order valence-electron chi connectivity index (χ4n) is 1.20. The zero-order valence-corrected chi connectivity index (χ0v) is 9.65. The molecule has 78 valence electrons. The largest absolute Gasteiger partial charge is 0.247 e. The van der Waals surface area contributed by atoms with Crippen LogP contribution in [0, 0.1) is 15.3 Å². The number of benzene rings is 1. The van der Waals surface area contributed by atoms with Gasteiger partial charge >= 0.3 is 0 Å². The van der Waals surface area contributed by atoms with Crippen molar-refractivity contribution in [3.63, 3.8) is 0 Å². The molecule has 0 fully saturated rings. The van der Waals surface area contributed by atoms with Gasteiger partial charge in [-0.1, -0.05) is 17.3 Å². The van der Waals surface area contributed by atoms with Crippen LogP contribution < -0.4 is 0 Å². The van der Waals surface area contributed by atoms with Gasteiger partial charge in [-0.05, 0) is 28.7 Å². The summed E-state index contributed by atoms with van der Waals surface area (Å²) in [7, 11) is 0. The number of nitrogens with zero attached hydrogens (tertiary/aromatic N) is 3. The normalized spacial score (nSPS) is 10.6. The number of hydrogen-bond acceptors (Lipinski definition) is 2. The fraction of sp³-hybridized carbons (Fsp3) is 0.111. The first-order valence-corrected chi connectivity index (χ1v) is 5.23. The van der Waals surface area contributed by atoms with Gasteiger partial charge in [-0.3, -0.25) is 0 Å². The van der Waals surface area contributed by atoms with Crippen molar-refractivity contribution in [2.45, 2.75) is 6.54 Å². The third-order valence-electron chi connectivity index (χ3n) is 1.87. The van der Waals surface area contributed by atoms with E-state index in [9.17, 15) is 8.78 Å². The second-order valence-corrected chi connectivity index (χ2v) is 4.06. The summed E-state index contributed by atoms with van der Waals surface area (Å²) in [6, 6.07) is 4.08. The summed E-state index contributed by atoms with van der Waals surface area (Å²) in [4.78, 5) is 0. The maximum atomic E-state index is 13.3. The maximum Gasteiger partial charge on any atom is 0.163 e. The minimum atomic E-state index is -0.845. The van der Waals surface area contributed by atoms with Crippen LogP contribution in [0.25, 0.3) is 0 Å². The molecule has 15 heavy (non-hydrogen) atoms. The monoisotopic (exact) mass is 321 g/mol. The van der Waals surface area contributed by atoms with Gasteiger partial charge < -0.3 is 0 Å². The third-order valence-corrected chi connectivity index (χ3v) is 2.37. The van der Waals surface area contributed by atoms with E-state index in [-0.39, 0.29) is 12.1 Å². The van der Waals surface area contributed by atoms with Gasteiger partial charge in [0.15, 0.2) is 11.6 Å². The molecule has 0 spiro atoms. The van der Waals surface area contributed by atoms with Crippen molar-refractivity contribution in [3.05, 3.63) is 45.3 Å². The summed E-state index contributed by atoms with van der Waals surface area (Å²) in [5, 5.41) is 7.50. The van der Waals surface area contributed by atoms with Crippen molar-refractivity contribution in [2.24, 2.45) is 0 Å². The van der Waals surface area contributed by atoms with Crippen molar-refractivity contribution < 1.29 is 8.78 Å². The molecule has 0 aliphatic heterocycles. The average molecular weight is 321 g/mol. The van der Waals surface area contributed by atoms with E-state index in [2.05, 4.69) is 10.3 Å². The van der Waals surface area contributed by atoms with Gasteiger partial charge in [0.25, 0.3) is 0 Å². The Hall–Kier alpha value is -1.05. The summed E-state index contributed by atoms with van der Waals surface area (Å²) in [5.74, 6) is -1.68. The number of hydrogen-bond donors (Lipinski definition) is 0. The summed E-state index contributed by atoms with van der Waals surface area (Å²) < 4.78 is 28.3. The van der Waals surface area contributed by atoms with Crippen molar-refractivity contribution in [3.8, 4) is 0 Å². The van der Waals surface area contributed by atoms with E-state index in [4.69, 9.17) is 0 Å². The highest BCUT2D eigenvalue weighted by molar-refractivity contribution is 14.1. The molecular formula is C9H6F2IN3. The Kier molecular flexibility index (Phi) is 2.94. The molecule has 1 aromatic heterocycles. The molecule has 2 rings (SSSR count). The van der Waals surface area contributed by atoms with Crippen molar-refractivity contribution >= 4 is 22.6 Å². The number of halogens is 3. The summed E-state index contributed by atoms with van der Waals surface area (Å²) in [5.41, 5.74) is 0.260. The average Bonchev–Trinajstić information content (AvgIpc) is 2.59. The zero-order chi connectivity index (χ0) is 10.8. The maximum absolute atomic E-state index is 13.3. The fourth-order valence-corrected chi connectivity index (χ4v) is 1.62. The number of rotatable bonds is 2. The molecule has 0 radical (unpaired) electrons. The van der Waals surface area contributed by atoms with Crippen LogP contribution in [-0.4, -0.2) is 15.0 Å². The summed E-state index contributed by atoms with van der Waals surface area (Å²) in [6.07, 6.45) is 1.66. The van der Waals surface area contributed by atoms with E-state index in [0.29, 0.717) is 3.70 Å². The van der Waals surface area contributed by atoms with Gasteiger partial charge in [-0.25, -0.2) is 13.5 Å². The van der Waals surface area contributed by atoms with Gasteiger partial charge in [0.2, 0.25) is 0 Å². The Balaban J connectivity index is 2.28. The molecule has 0 aliphatic rings. The molecular weight excluding hydrogens is 315 g/mol. The first-order valence-electron chi connectivity index (χ1n) is 4.15. The van der Waals surface area contributed by atoms with E-state index in [1.807, 2.05) is 22.6 Å². The summed E-state index contributed by atoms with van der Waals surface area (Å²) in [6.45, 7) is 0.180. The minimum Gasteiger partial charge on any atom is -0.247 e. The molecule has 0 amide bonds. The Morgan fingerprint density at radius 3 is 2.80 bits per heavy atom. The van der Waals surface area contributed by atoms with Crippen LogP contribution in [0.1, 0.15) is 5.56 Å². The van der Waals surface area contributed by atoms with Crippen LogP contribution in [0.5, 0.6) is 0 Å². The molecule has 1 aromatic carbocycles. The van der Waals surface area contributed by atoms with Crippen molar-refractivity contribution in [1.82, 2.24) is 15.0 Å². The topological polar surface area (TPSA) is 30.7 Å². The molecule has 0 saturated heterocycles. The molecule has 0 bridgehead atoms. The van der Waals surface area contributed by atoms with E-state index in [1.165, 1.54) is 16.8 Å². The van der Waals surface area contributed by atoms with Crippen molar-refractivity contribution in [1.29, 1.82) is 0 Å². The Labute approximate surface area is 98.2 Å². The third kappa shape index (κ3) is 2.31. The molecule has 6 heteroatoms. The lowest BCUT2D eigenvalue weighted by Gasteiger charge is -2.02. The molecule has 1 heterocycles. The zero-order valence-electron chi connectivity index (χ0n) is 7.49. The molecule has 0 atom stereocenters. The molecule has 0 aliphatic carbocycles. The lowest BCUT2D eigenvalue weighted by atomic mass is 10.2. The molecule has 0 saturated carbocycles. The van der Waals surface area contributed by atoms with Crippen LogP contribution in [0.4, 0.5) is 8.78 Å². The van der Waals surface area contributed by atoms with Gasteiger partial charge in [0.1, 0.15) is 3.70 Å². The van der Waals surface area contributed by atoms with Crippen LogP contribution in [0.2, 0.25) is 0 Å². The Morgan fingerprint density at radius 1 is 1.33 bits per heavy atom. The van der Waals surface area contributed by atoms with Gasteiger partial charge in [0, 0.05) is 5.56 Å². The lowest BCUT2D eigenvalue weighted by Crippen LogP contribution is -2.03. The molecule has 0 unspecified atom stereocenters. The first-order chi connectivity index (χ1) is 7.16. The van der Waals surface area contributed by atoms with Crippen LogP contribution in [0.15, 0.2) is 24.4 Å². The van der Waals surface area contributed by atoms with E-state index < -0.39 is 11.6 Å². The summed E-state index contributed by atoms with van der Waals surface area (Å²) >= 11 is 2.00. The number of aromatic nitrogens is 3. The van der Waals surface area contributed by atoms with Crippen LogP contribution in [0.3, 0.4) is 0 Å². The quantitative estimate of drug-likeness (QED) is 0.794. The molecule has 2 aromatic rings. The highest BCUT2D eigenvalue weighted by Crippen LogP contribution is 2.12. The van der Waals surface area contributed by atoms with E-state index >= 15 is 0 Å². The second-order valence-electron chi connectivity index (χ2n) is 2.95. The van der Waals surface area contributed by atoms with E-state index in [1.54, 1.807) is 6.20 Å². The highest BCUT2D eigenvalue weighted by Gasteiger charge is 2.08. The van der Waals surface area contributed by atoms with Crippen LogP contribution in [-0.2, 0) is 6.54 Å². The lowest BCUT2D eigenvalue weighted by molar-refractivity contribution is 0.490. The van der Waals surface area contributed by atoms with Crippen molar-refractivity contribution in [2.75, 3.05) is 0 Å². The van der Waals surface area contributed by atoms with Crippen LogP contribution >= 0.6 is 22.6 Å². The highest BCUT2D eigenvalue weighted by atomic mass is 127. The predicted molar refractivity (Wildman–Crippen MR) is 58.2 cm³/mol. The Bertz CT molecular complexity index is 484. The van der Waals surface area contributed by atoms with Gasteiger partial charge in [-0.2, -0.15) is 0 Å². The van der Waals surface area contributed by atoms with E-state index in [0.717, 1.165) is 6.07 Å². The van der Waals surface area contributed by atoms with Gasteiger partial charge in [0.05, 0.1) is 12.7 Å². The SMILES string of the molecule is Fc1cccc(Cn2cc(I)nn2)c1F. The minimum absolute atomic E-state index is 0.180.